The Labute approximate surface area is 129 Å². The van der Waals surface area contributed by atoms with Gasteiger partial charge in [-0.25, -0.2) is 4.79 Å². The molecule has 1 unspecified atom stereocenters. The van der Waals surface area contributed by atoms with Crippen LogP contribution < -0.4 is 0 Å². The first-order valence-corrected chi connectivity index (χ1v) is 6.96. The van der Waals surface area contributed by atoms with Crippen molar-refractivity contribution < 1.29 is 19.1 Å². The van der Waals surface area contributed by atoms with Gasteiger partial charge in [0.15, 0.2) is 0 Å². The lowest BCUT2D eigenvalue weighted by Gasteiger charge is -2.31. The highest BCUT2D eigenvalue weighted by Crippen LogP contribution is 2.32. The Morgan fingerprint density at radius 2 is 1.50 bits per heavy atom. The van der Waals surface area contributed by atoms with Crippen LogP contribution in [0.15, 0.2) is 60.7 Å². The van der Waals surface area contributed by atoms with Crippen molar-refractivity contribution in [2.75, 3.05) is 7.11 Å². The standard InChI is InChI=1S/C18H18O4/c1-14(19)22-18(17(20)21-2,16-11-7-4-8-12-16)13-15-9-5-3-6-10-15/h3-12H,13H2,1-2H3. The number of carbonyl (C=O) groups is 2. The molecule has 0 aliphatic heterocycles. The quantitative estimate of drug-likeness (QED) is 0.797. The molecule has 0 bridgehead atoms. The second-order valence-corrected chi connectivity index (χ2v) is 4.94. The van der Waals surface area contributed by atoms with Gasteiger partial charge in [0, 0.05) is 18.9 Å². The zero-order valence-electron chi connectivity index (χ0n) is 12.6. The summed E-state index contributed by atoms with van der Waals surface area (Å²) in [5.41, 5.74) is -0.0256. The van der Waals surface area contributed by atoms with Gasteiger partial charge in [0.2, 0.25) is 5.60 Å². The Balaban J connectivity index is 2.54. The molecule has 0 aromatic heterocycles. The van der Waals surface area contributed by atoms with Crippen LogP contribution in [0.1, 0.15) is 18.1 Å². The van der Waals surface area contributed by atoms with E-state index in [0.29, 0.717) is 5.56 Å². The van der Waals surface area contributed by atoms with Crippen LogP contribution in [0.25, 0.3) is 0 Å². The lowest BCUT2D eigenvalue weighted by Crippen LogP contribution is -2.43. The number of rotatable bonds is 5. The molecule has 0 saturated heterocycles. The Bertz CT molecular complexity index is 637. The monoisotopic (exact) mass is 298 g/mol. The first-order valence-electron chi connectivity index (χ1n) is 6.96. The number of hydrogen-bond acceptors (Lipinski definition) is 4. The molecule has 4 nitrogen and oxygen atoms in total. The van der Waals surface area contributed by atoms with Crippen molar-refractivity contribution in [3.8, 4) is 0 Å². The van der Waals surface area contributed by atoms with Crippen LogP contribution in [0.3, 0.4) is 0 Å². The fourth-order valence-corrected chi connectivity index (χ4v) is 2.43. The fraction of sp³-hybridized carbons (Fsp3) is 0.222. The predicted octanol–water partition coefficient (Wildman–Crippen LogP) is 2.86. The second kappa shape index (κ2) is 6.89. The summed E-state index contributed by atoms with van der Waals surface area (Å²) >= 11 is 0. The van der Waals surface area contributed by atoms with Crippen LogP contribution in [-0.4, -0.2) is 19.0 Å². The van der Waals surface area contributed by atoms with Gasteiger partial charge in [-0.3, -0.25) is 4.79 Å². The molecule has 0 heterocycles. The Kier molecular flexibility index (Phi) is 4.94. The lowest BCUT2D eigenvalue weighted by atomic mass is 9.86. The van der Waals surface area contributed by atoms with Crippen molar-refractivity contribution in [2.45, 2.75) is 18.9 Å². The number of carbonyl (C=O) groups excluding carboxylic acids is 2. The maximum absolute atomic E-state index is 12.5. The minimum Gasteiger partial charge on any atom is -0.466 e. The summed E-state index contributed by atoms with van der Waals surface area (Å²) in [5, 5.41) is 0. The van der Waals surface area contributed by atoms with Crippen LogP contribution >= 0.6 is 0 Å². The third-order valence-corrected chi connectivity index (χ3v) is 3.37. The van der Waals surface area contributed by atoms with Crippen molar-refractivity contribution >= 4 is 11.9 Å². The summed E-state index contributed by atoms with van der Waals surface area (Å²) in [6.07, 6.45) is 0.212. The highest BCUT2D eigenvalue weighted by Gasteiger charge is 2.45. The van der Waals surface area contributed by atoms with Gasteiger partial charge in [-0.1, -0.05) is 60.7 Å². The van der Waals surface area contributed by atoms with Crippen LogP contribution in [0.4, 0.5) is 0 Å². The van der Waals surface area contributed by atoms with E-state index in [4.69, 9.17) is 9.47 Å². The summed E-state index contributed by atoms with van der Waals surface area (Å²) in [6, 6.07) is 18.3. The van der Waals surface area contributed by atoms with Crippen LogP contribution in [0.5, 0.6) is 0 Å². The van der Waals surface area contributed by atoms with E-state index in [0.717, 1.165) is 5.56 Å². The summed E-state index contributed by atoms with van der Waals surface area (Å²) in [7, 11) is 1.29. The van der Waals surface area contributed by atoms with Gasteiger partial charge >= 0.3 is 11.9 Å². The smallest absolute Gasteiger partial charge is 0.355 e. The van der Waals surface area contributed by atoms with Crippen molar-refractivity contribution in [1.82, 2.24) is 0 Å². The van der Waals surface area contributed by atoms with Crippen molar-refractivity contribution in [2.24, 2.45) is 0 Å². The van der Waals surface area contributed by atoms with E-state index in [1.54, 1.807) is 24.3 Å². The molecule has 2 aromatic rings. The van der Waals surface area contributed by atoms with Gasteiger partial charge in [-0.15, -0.1) is 0 Å². The molecule has 2 aromatic carbocycles. The van der Waals surface area contributed by atoms with Gasteiger partial charge in [0.25, 0.3) is 0 Å². The minimum absolute atomic E-state index is 0.212. The molecule has 114 valence electrons. The third-order valence-electron chi connectivity index (χ3n) is 3.37. The number of benzene rings is 2. The molecular weight excluding hydrogens is 280 g/mol. The molecule has 1 atom stereocenters. The number of methoxy groups -OCH3 is 1. The average Bonchev–Trinajstić information content (AvgIpc) is 2.54. The molecule has 22 heavy (non-hydrogen) atoms. The van der Waals surface area contributed by atoms with E-state index >= 15 is 0 Å². The van der Waals surface area contributed by atoms with Gasteiger partial charge in [-0.2, -0.15) is 0 Å². The van der Waals surface area contributed by atoms with Crippen LogP contribution in [0.2, 0.25) is 0 Å². The molecular formula is C18H18O4. The first-order chi connectivity index (χ1) is 10.6. The summed E-state index contributed by atoms with van der Waals surface area (Å²) in [6.45, 7) is 1.28. The summed E-state index contributed by atoms with van der Waals surface area (Å²) in [4.78, 5) is 24.1. The van der Waals surface area contributed by atoms with E-state index in [2.05, 4.69) is 0 Å². The maximum atomic E-state index is 12.5. The van der Waals surface area contributed by atoms with Gasteiger partial charge in [0.1, 0.15) is 0 Å². The molecule has 2 rings (SSSR count). The van der Waals surface area contributed by atoms with E-state index in [1.807, 2.05) is 36.4 Å². The summed E-state index contributed by atoms with van der Waals surface area (Å²) < 4.78 is 10.4. The Morgan fingerprint density at radius 3 is 2.00 bits per heavy atom. The molecule has 0 aliphatic carbocycles. The Hall–Kier alpha value is -2.62. The van der Waals surface area contributed by atoms with E-state index in [-0.39, 0.29) is 6.42 Å². The molecule has 0 aliphatic rings. The topological polar surface area (TPSA) is 52.6 Å². The van der Waals surface area contributed by atoms with E-state index < -0.39 is 17.5 Å². The molecule has 0 amide bonds. The number of esters is 2. The highest BCUT2D eigenvalue weighted by atomic mass is 16.6. The molecule has 0 radical (unpaired) electrons. The average molecular weight is 298 g/mol. The normalized spacial score (nSPS) is 13.0. The van der Waals surface area contributed by atoms with E-state index in [1.165, 1.54) is 14.0 Å². The van der Waals surface area contributed by atoms with E-state index in [9.17, 15) is 9.59 Å². The second-order valence-electron chi connectivity index (χ2n) is 4.94. The van der Waals surface area contributed by atoms with Gasteiger partial charge in [0.05, 0.1) is 7.11 Å². The molecule has 0 fully saturated rings. The zero-order valence-corrected chi connectivity index (χ0v) is 12.6. The zero-order chi connectivity index (χ0) is 16.0. The summed E-state index contributed by atoms with van der Waals surface area (Å²) in [5.74, 6) is -1.14. The van der Waals surface area contributed by atoms with Gasteiger partial charge in [-0.05, 0) is 5.56 Å². The molecule has 0 spiro atoms. The van der Waals surface area contributed by atoms with Gasteiger partial charge < -0.3 is 9.47 Å². The number of ether oxygens (including phenoxy) is 2. The SMILES string of the molecule is COC(=O)C(Cc1ccccc1)(OC(C)=O)c1ccccc1. The molecule has 4 heteroatoms. The first kappa shape index (κ1) is 15.8. The fourth-order valence-electron chi connectivity index (χ4n) is 2.43. The lowest BCUT2D eigenvalue weighted by molar-refractivity contribution is -0.181. The van der Waals surface area contributed by atoms with Crippen molar-refractivity contribution in [3.05, 3.63) is 71.8 Å². The highest BCUT2D eigenvalue weighted by molar-refractivity contribution is 5.85. The van der Waals surface area contributed by atoms with Crippen LogP contribution in [0, 0.1) is 0 Å². The van der Waals surface area contributed by atoms with Crippen molar-refractivity contribution in [1.29, 1.82) is 0 Å². The van der Waals surface area contributed by atoms with Crippen LogP contribution in [-0.2, 0) is 31.1 Å². The predicted molar refractivity (Wildman–Crippen MR) is 82.0 cm³/mol. The molecule has 0 saturated carbocycles. The van der Waals surface area contributed by atoms with Crippen molar-refractivity contribution in [3.63, 3.8) is 0 Å². The maximum Gasteiger partial charge on any atom is 0.355 e. The minimum atomic E-state index is -1.48. The third kappa shape index (κ3) is 3.34. The Morgan fingerprint density at radius 1 is 0.955 bits per heavy atom. The number of hydrogen-bond donors (Lipinski definition) is 0. The largest absolute Gasteiger partial charge is 0.466 e. The molecule has 0 N–H and O–H groups in total.